The number of carbonyl (C=O) groups excluding carboxylic acids is 1. The highest BCUT2D eigenvalue weighted by molar-refractivity contribution is 5.79. The summed E-state index contributed by atoms with van der Waals surface area (Å²) in [6, 6.07) is 8.01. The Morgan fingerprint density at radius 2 is 2.00 bits per heavy atom. The zero-order valence-corrected chi connectivity index (χ0v) is 15.0. The second kappa shape index (κ2) is 7.32. The molecule has 1 amide bonds. The molecule has 0 spiro atoms. The van der Waals surface area contributed by atoms with Gasteiger partial charge in [0.1, 0.15) is 17.7 Å². The van der Waals surface area contributed by atoms with Gasteiger partial charge in [0.15, 0.2) is 0 Å². The Bertz CT molecular complexity index is 759. The zero-order valence-electron chi connectivity index (χ0n) is 15.0. The Balaban J connectivity index is 1.42. The molecule has 26 heavy (non-hydrogen) atoms. The first-order valence-electron chi connectivity index (χ1n) is 9.25. The van der Waals surface area contributed by atoms with Gasteiger partial charge >= 0.3 is 0 Å². The Morgan fingerprint density at radius 3 is 2.77 bits per heavy atom. The van der Waals surface area contributed by atoms with Crippen molar-refractivity contribution in [3.63, 3.8) is 0 Å². The summed E-state index contributed by atoms with van der Waals surface area (Å²) < 4.78 is 5.98. The molecule has 2 aliphatic heterocycles. The highest BCUT2D eigenvalue weighted by Crippen LogP contribution is 2.28. The summed E-state index contributed by atoms with van der Waals surface area (Å²) in [4.78, 5) is 25.8. The van der Waals surface area contributed by atoms with E-state index >= 15 is 0 Å². The lowest BCUT2D eigenvalue weighted by Crippen LogP contribution is -2.44. The minimum atomic E-state index is 0.00211. The summed E-state index contributed by atoms with van der Waals surface area (Å²) in [5.41, 5.74) is 1.09. The van der Waals surface area contributed by atoms with Crippen molar-refractivity contribution in [2.24, 2.45) is 5.92 Å². The molecule has 6 nitrogen and oxygen atoms in total. The van der Waals surface area contributed by atoms with Gasteiger partial charge in [0, 0.05) is 43.5 Å². The first kappa shape index (κ1) is 16.8. The minimum Gasteiger partial charge on any atom is -0.489 e. The molecule has 1 aromatic carbocycles. The van der Waals surface area contributed by atoms with E-state index in [1.165, 1.54) is 0 Å². The average molecular weight is 352 g/mol. The molecule has 0 aliphatic carbocycles. The van der Waals surface area contributed by atoms with Crippen LogP contribution in [0.15, 0.2) is 42.9 Å². The first-order chi connectivity index (χ1) is 12.7. The predicted octanol–water partition coefficient (Wildman–Crippen LogP) is 2.50. The third-order valence-electron chi connectivity index (χ3n) is 5.17. The van der Waals surface area contributed by atoms with Gasteiger partial charge < -0.3 is 14.5 Å². The van der Waals surface area contributed by atoms with Crippen molar-refractivity contribution in [2.45, 2.75) is 32.4 Å². The fraction of sp³-hybridized carbons (Fsp3) is 0.450. The Hall–Kier alpha value is -2.63. The Morgan fingerprint density at radius 1 is 1.19 bits per heavy atom. The van der Waals surface area contributed by atoms with E-state index in [0.717, 1.165) is 43.1 Å². The SMILES string of the molecule is CC1CN(C(=O)C2CCN(c3cnccn3)CC2)Cc2ccccc2O1. The number of carbonyl (C=O) groups is 1. The number of benzene rings is 1. The Kier molecular flexibility index (Phi) is 4.73. The van der Waals surface area contributed by atoms with Crippen molar-refractivity contribution in [3.8, 4) is 5.75 Å². The van der Waals surface area contributed by atoms with E-state index in [-0.39, 0.29) is 17.9 Å². The summed E-state index contributed by atoms with van der Waals surface area (Å²) in [5.74, 6) is 2.10. The molecule has 1 unspecified atom stereocenters. The third-order valence-corrected chi connectivity index (χ3v) is 5.17. The molecule has 1 atom stereocenters. The lowest BCUT2D eigenvalue weighted by Gasteiger charge is -2.34. The quantitative estimate of drug-likeness (QED) is 0.831. The fourth-order valence-electron chi connectivity index (χ4n) is 3.82. The molecular weight excluding hydrogens is 328 g/mol. The molecule has 2 aromatic rings. The number of aromatic nitrogens is 2. The van der Waals surface area contributed by atoms with Crippen LogP contribution in [0.1, 0.15) is 25.3 Å². The number of fused-ring (bicyclic) bond motifs is 1. The molecule has 0 N–H and O–H groups in total. The third kappa shape index (κ3) is 3.49. The number of rotatable bonds is 2. The van der Waals surface area contributed by atoms with Crippen molar-refractivity contribution in [1.82, 2.24) is 14.9 Å². The first-order valence-corrected chi connectivity index (χ1v) is 9.25. The van der Waals surface area contributed by atoms with E-state index in [2.05, 4.69) is 14.9 Å². The van der Waals surface area contributed by atoms with Crippen LogP contribution in [0.4, 0.5) is 5.82 Å². The van der Waals surface area contributed by atoms with Crippen LogP contribution in [0.3, 0.4) is 0 Å². The highest BCUT2D eigenvalue weighted by atomic mass is 16.5. The summed E-state index contributed by atoms with van der Waals surface area (Å²) >= 11 is 0. The molecule has 2 aliphatic rings. The number of amides is 1. The van der Waals surface area contributed by atoms with E-state index in [1.54, 1.807) is 18.6 Å². The summed E-state index contributed by atoms with van der Waals surface area (Å²) in [6.07, 6.45) is 6.88. The minimum absolute atomic E-state index is 0.00211. The molecule has 3 heterocycles. The van der Waals surface area contributed by atoms with Crippen LogP contribution < -0.4 is 9.64 Å². The van der Waals surface area contributed by atoms with Crippen molar-refractivity contribution in [3.05, 3.63) is 48.4 Å². The lowest BCUT2D eigenvalue weighted by atomic mass is 9.95. The molecule has 0 saturated carbocycles. The molecule has 1 aromatic heterocycles. The molecule has 4 rings (SSSR count). The second-order valence-electron chi connectivity index (χ2n) is 7.08. The number of ether oxygens (including phenoxy) is 1. The standard InChI is InChI=1S/C20H24N4O2/c1-15-13-24(14-17-4-2-3-5-18(17)26-15)20(25)16-6-10-23(11-7-16)19-12-21-8-9-22-19/h2-5,8-9,12,15-16H,6-7,10-11,13-14H2,1H3. The van der Waals surface area contributed by atoms with Gasteiger partial charge in [-0.3, -0.25) is 9.78 Å². The monoisotopic (exact) mass is 352 g/mol. The van der Waals surface area contributed by atoms with Gasteiger partial charge in [-0.1, -0.05) is 18.2 Å². The maximum Gasteiger partial charge on any atom is 0.226 e. The van der Waals surface area contributed by atoms with Crippen LogP contribution >= 0.6 is 0 Å². The van der Waals surface area contributed by atoms with Crippen LogP contribution in [0.5, 0.6) is 5.75 Å². The van der Waals surface area contributed by atoms with Crippen LogP contribution in [0.2, 0.25) is 0 Å². The molecular formula is C20H24N4O2. The number of nitrogens with zero attached hydrogens (tertiary/aromatic N) is 4. The van der Waals surface area contributed by atoms with Gasteiger partial charge in [-0.2, -0.15) is 0 Å². The van der Waals surface area contributed by atoms with Crippen LogP contribution in [0, 0.1) is 5.92 Å². The van der Waals surface area contributed by atoms with E-state index in [4.69, 9.17) is 4.74 Å². The van der Waals surface area contributed by atoms with Gasteiger partial charge in [0.2, 0.25) is 5.91 Å². The summed E-state index contributed by atoms with van der Waals surface area (Å²) in [6.45, 7) is 4.97. The summed E-state index contributed by atoms with van der Waals surface area (Å²) in [5, 5.41) is 0. The van der Waals surface area contributed by atoms with E-state index in [0.29, 0.717) is 13.1 Å². The molecule has 0 radical (unpaired) electrons. The van der Waals surface area contributed by atoms with E-state index in [9.17, 15) is 4.79 Å². The Labute approximate surface area is 153 Å². The largest absolute Gasteiger partial charge is 0.489 e. The van der Waals surface area contributed by atoms with Gasteiger partial charge in [0.25, 0.3) is 0 Å². The van der Waals surface area contributed by atoms with Crippen molar-refractivity contribution >= 4 is 11.7 Å². The molecule has 0 bridgehead atoms. The summed E-state index contributed by atoms with van der Waals surface area (Å²) in [7, 11) is 0. The van der Waals surface area contributed by atoms with E-state index < -0.39 is 0 Å². The van der Waals surface area contributed by atoms with Crippen LogP contribution in [-0.4, -0.2) is 46.5 Å². The van der Waals surface area contributed by atoms with Gasteiger partial charge in [-0.15, -0.1) is 0 Å². The van der Waals surface area contributed by atoms with Gasteiger partial charge in [-0.05, 0) is 25.8 Å². The van der Waals surface area contributed by atoms with Crippen LogP contribution in [-0.2, 0) is 11.3 Å². The van der Waals surface area contributed by atoms with Crippen molar-refractivity contribution < 1.29 is 9.53 Å². The van der Waals surface area contributed by atoms with Crippen LogP contribution in [0.25, 0.3) is 0 Å². The normalized spacial score (nSPS) is 20.9. The second-order valence-corrected chi connectivity index (χ2v) is 7.08. The molecule has 1 saturated heterocycles. The maximum atomic E-state index is 13.1. The van der Waals surface area contributed by atoms with E-state index in [1.807, 2.05) is 36.1 Å². The predicted molar refractivity (Wildman–Crippen MR) is 98.9 cm³/mol. The number of piperidine rings is 1. The number of para-hydroxylation sites is 1. The maximum absolute atomic E-state index is 13.1. The topological polar surface area (TPSA) is 58.6 Å². The zero-order chi connectivity index (χ0) is 17.9. The van der Waals surface area contributed by atoms with Crippen molar-refractivity contribution in [2.75, 3.05) is 24.5 Å². The van der Waals surface area contributed by atoms with Crippen molar-refractivity contribution in [1.29, 1.82) is 0 Å². The molecule has 6 heteroatoms. The fourth-order valence-corrected chi connectivity index (χ4v) is 3.82. The average Bonchev–Trinajstić information content (AvgIpc) is 2.86. The number of hydrogen-bond acceptors (Lipinski definition) is 5. The number of hydrogen-bond donors (Lipinski definition) is 0. The van der Waals surface area contributed by atoms with Gasteiger partial charge in [0.05, 0.1) is 12.7 Å². The smallest absolute Gasteiger partial charge is 0.226 e. The molecule has 136 valence electrons. The van der Waals surface area contributed by atoms with Gasteiger partial charge in [-0.25, -0.2) is 4.98 Å². The lowest BCUT2D eigenvalue weighted by molar-refractivity contribution is -0.137. The highest BCUT2D eigenvalue weighted by Gasteiger charge is 2.31. The number of anilines is 1. The molecule has 1 fully saturated rings.